The molecule has 11 heteroatoms. The molecule has 2 aliphatic rings. The molecule has 0 fully saturated rings. The first-order valence-electron chi connectivity index (χ1n) is 11.2. The molecule has 0 saturated carbocycles. The van der Waals surface area contributed by atoms with Crippen LogP contribution in [0.1, 0.15) is 11.4 Å². The monoisotopic (exact) mass is 475 g/mol. The highest BCUT2D eigenvalue weighted by atomic mass is 19.1. The van der Waals surface area contributed by atoms with Gasteiger partial charge in [0, 0.05) is 54.3 Å². The molecule has 2 aliphatic heterocycles. The fourth-order valence-corrected chi connectivity index (χ4v) is 4.60. The number of rotatable bonds is 3. The van der Waals surface area contributed by atoms with Gasteiger partial charge in [-0.2, -0.15) is 0 Å². The van der Waals surface area contributed by atoms with Gasteiger partial charge < -0.3 is 25.1 Å². The highest BCUT2D eigenvalue weighted by Gasteiger charge is 2.26. The number of nitrogens with zero attached hydrogens (tertiary/aromatic N) is 4. The van der Waals surface area contributed by atoms with Gasteiger partial charge in [-0.15, -0.1) is 0 Å². The van der Waals surface area contributed by atoms with Crippen LogP contribution in [0, 0.1) is 12.7 Å². The molecular weight excluding hydrogens is 453 g/mol. The van der Waals surface area contributed by atoms with E-state index in [0.29, 0.717) is 53.9 Å². The molecule has 0 bridgehead atoms. The minimum atomic E-state index is -0.622. The van der Waals surface area contributed by atoms with Crippen molar-refractivity contribution < 1.29 is 18.7 Å². The minimum Gasteiger partial charge on any atom is -0.474 e. The van der Waals surface area contributed by atoms with E-state index in [1.807, 2.05) is 17.7 Å². The summed E-state index contributed by atoms with van der Waals surface area (Å²) in [4.78, 5) is 25.2. The van der Waals surface area contributed by atoms with E-state index in [1.165, 1.54) is 6.20 Å². The van der Waals surface area contributed by atoms with E-state index in [0.717, 1.165) is 17.1 Å². The van der Waals surface area contributed by atoms with Crippen LogP contribution in [0.2, 0.25) is 0 Å². The van der Waals surface area contributed by atoms with Gasteiger partial charge in [0.05, 0.1) is 12.2 Å². The molecule has 4 aromatic rings. The van der Waals surface area contributed by atoms with Crippen molar-refractivity contribution in [3.8, 4) is 17.0 Å². The molecule has 178 valence electrons. The Morgan fingerprint density at radius 2 is 2.17 bits per heavy atom. The lowest BCUT2D eigenvalue weighted by molar-refractivity contribution is 0.111. The summed E-state index contributed by atoms with van der Waals surface area (Å²) in [7, 11) is 0. The fourth-order valence-electron chi connectivity index (χ4n) is 4.60. The molecule has 4 N–H and O–H groups in total. The van der Waals surface area contributed by atoms with Crippen LogP contribution >= 0.6 is 0 Å². The molecule has 0 unspecified atom stereocenters. The molecule has 1 atom stereocenters. The summed E-state index contributed by atoms with van der Waals surface area (Å²) in [6.45, 7) is 3.59. The van der Waals surface area contributed by atoms with Gasteiger partial charge >= 0.3 is 6.09 Å². The lowest BCUT2D eigenvalue weighted by Crippen LogP contribution is -2.23. The third kappa shape index (κ3) is 3.65. The largest absolute Gasteiger partial charge is 0.474 e. The number of nitrogens with two attached hydrogens (primary N) is 1. The van der Waals surface area contributed by atoms with Crippen molar-refractivity contribution >= 4 is 34.1 Å². The fraction of sp³-hybridized carbons (Fsp3) is 0.250. The standard InChI is InChI=1S/C24H22FN7O3/c1-12-16(9-30-23-22(12)28-3-5-34-23)15-6-13-7-18(29-10-17(13)21(26)20(15)25)31-24(33)35-14-8-19-27-2-4-32(19)11-14/h2,4,6-7,9-10,14,28H,3,5,8,11,26H2,1H3,(H,29,31,33)/t14-/m0/s1. The molecule has 1 amide bonds. The third-order valence-corrected chi connectivity index (χ3v) is 6.35. The van der Waals surface area contributed by atoms with Crippen LogP contribution in [0.5, 0.6) is 5.88 Å². The number of amides is 1. The lowest BCUT2D eigenvalue weighted by atomic mass is 9.97. The average Bonchev–Trinajstić information content (AvgIpc) is 3.44. The summed E-state index contributed by atoms with van der Waals surface area (Å²) in [5, 5.41) is 6.97. The number of fused-ring (bicyclic) bond motifs is 3. The zero-order chi connectivity index (χ0) is 24.1. The summed E-state index contributed by atoms with van der Waals surface area (Å²) in [5.41, 5.74) is 8.55. The van der Waals surface area contributed by atoms with Gasteiger partial charge in [0.2, 0.25) is 5.88 Å². The summed E-state index contributed by atoms with van der Waals surface area (Å²) < 4.78 is 28.4. The van der Waals surface area contributed by atoms with E-state index in [2.05, 4.69) is 25.6 Å². The molecule has 0 aliphatic carbocycles. The molecule has 35 heavy (non-hydrogen) atoms. The second-order valence-electron chi connectivity index (χ2n) is 8.55. The first-order valence-corrected chi connectivity index (χ1v) is 11.2. The number of aromatic nitrogens is 4. The second kappa shape index (κ2) is 8.12. The predicted octanol–water partition coefficient (Wildman–Crippen LogP) is 3.50. The number of imidazole rings is 1. The van der Waals surface area contributed by atoms with Gasteiger partial charge in [-0.1, -0.05) is 0 Å². The molecular formula is C24H22FN7O3. The van der Waals surface area contributed by atoms with Crippen LogP contribution in [0.4, 0.5) is 26.4 Å². The number of carbonyl (C=O) groups excluding carboxylic acids is 1. The van der Waals surface area contributed by atoms with E-state index in [1.54, 1.807) is 24.5 Å². The van der Waals surface area contributed by atoms with Crippen molar-refractivity contribution in [2.75, 3.05) is 29.5 Å². The van der Waals surface area contributed by atoms with E-state index >= 15 is 4.39 Å². The van der Waals surface area contributed by atoms with Crippen molar-refractivity contribution in [1.29, 1.82) is 0 Å². The van der Waals surface area contributed by atoms with Crippen molar-refractivity contribution in [3.63, 3.8) is 0 Å². The Kier molecular flexibility index (Phi) is 4.90. The van der Waals surface area contributed by atoms with E-state index in [4.69, 9.17) is 15.2 Å². The van der Waals surface area contributed by atoms with Gasteiger partial charge in [0.15, 0.2) is 5.82 Å². The zero-order valence-corrected chi connectivity index (χ0v) is 18.8. The topological polar surface area (TPSA) is 129 Å². The number of pyridine rings is 2. The lowest BCUT2D eigenvalue weighted by Gasteiger charge is -2.22. The normalized spacial score (nSPS) is 16.2. The number of hydrogen-bond acceptors (Lipinski definition) is 8. The Balaban J connectivity index is 1.29. The highest BCUT2D eigenvalue weighted by Crippen LogP contribution is 2.39. The maximum atomic E-state index is 15.3. The molecule has 5 heterocycles. The first-order chi connectivity index (χ1) is 17.0. The average molecular weight is 475 g/mol. The van der Waals surface area contributed by atoms with Gasteiger partial charge in [0.1, 0.15) is 30.0 Å². The summed E-state index contributed by atoms with van der Waals surface area (Å²) >= 11 is 0. The molecule has 3 aromatic heterocycles. The molecule has 0 radical (unpaired) electrons. The van der Waals surface area contributed by atoms with Gasteiger partial charge in [-0.05, 0) is 30.0 Å². The van der Waals surface area contributed by atoms with Crippen molar-refractivity contribution in [1.82, 2.24) is 19.5 Å². The summed E-state index contributed by atoms with van der Waals surface area (Å²) in [6, 6.07) is 3.31. The Morgan fingerprint density at radius 3 is 3.03 bits per heavy atom. The minimum absolute atomic E-state index is 0.0270. The highest BCUT2D eigenvalue weighted by molar-refractivity contribution is 5.99. The summed E-state index contributed by atoms with van der Waals surface area (Å²) in [6.07, 6.45) is 6.22. The summed E-state index contributed by atoms with van der Waals surface area (Å²) in [5.74, 6) is 1.09. The Morgan fingerprint density at radius 1 is 1.29 bits per heavy atom. The third-order valence-electron chi connectivity index (χ3n) is 6.35. The predicted molar refractivity (Wildman–Crippen MR) is 128 cm³/mol. The molecule has 0 spiro atoms. The van der Waals surface area contributed by atoms with Crippen LogP contribution < -0.4 is 21.1 Å². The van der Waals surface area contributed by atoms with Crippen molar-refractivity contribution in [2.45, 2.75) is 26.0 Å². The van der Waals surface area contributed by atoms with E-state index < -0.39 is 11.9 Å². The quantitative estimate of drug-likeness (QED) is 0.384. The number of carbonyl (C=O) groups is 1. The first kappa shape index (κ1) is 21.1. The number of nitrogens with one attached hydrogen (secondary N) is 2. The number of benzene rings is 1. The number of hydrogen-bond donors (Lipinski definition) is 3. The smallest absolute Gasteiger partial charge is 0.413 e. The number of ether oxygens (including phenoxy) is 2. The number of nitrogen functional groups attached to an aromatic ring is 1. The SMILES string of the molecule is Cc1c(-c2cc3cc(NC(=O)O[C@H]4Cc5nccn5C4)ncc3c(N)c2F)cnc2c1NCCO2. The molecule has 1 aromatic carbocycles. The van der Waals surface area contributed by atoms with Gasteiger partial charge in [0.25, 0.3) is 0 Å². The number of anilines is 3. The number of halogens is 1. The Bertz CT molecular complexity index is 1470. The van der Waals surface area contributed by atoms with Crippen LogP contribution in [-0.4, -0.2) is 44.9 Å². The van der Waals surface area contributed by atoms with Crippen molar-refractivity contribution in [3.05, 3.63) is 54.1 Å². The molecule has 0 saturated heterocycles. The van der Waals surface area contributed by atoms with Crippen LogP contribution in [-0.2, 0) is 17.7 Å². The van der Waals surface area contributed by atoms with Crippen molar-refractivity contribution in [2.24, 2.45) is 0 Å². The zero-order valence-electron chi connectivity index (χ0n) is 18.8. The molecule has 6 rings (SSSR count). The molecule has 10 nitrogen and oxygen atoms in total. The van der Waals surface area contributed by atoms with Gasteiger partial charge in [-0.3, -0.25) is 5.32 Å². The Hall–Kier alpha value is -4.41. The Labute approximate surface area is 199 Å². The second-order valence-corrected chi connectivity index (χ2v) is 8.55. The van der Waals surface area contributed by atoms with E-state index in [9.17, 15) is 4.79 Å². The maximum Gasteiger partial charge on any atom is 0.413 e. The van der Waals surface area contributed by atoms with Crippen LogP contribution in [0.15, 0.2) is 36.9 Å². The van der Waals surface area contributed by atoms with E-state index in [-0.39, 0.29) is 17.6 Å². The van der Waals surface area contributed by atoms with Crippen LogP contribution in [0.3, 0.4) is 0 Å². The van der Waals surface area contributed by atoms with Crippen LogP contribution in [0.25, 0.3) is 21.9 Å². The maximum absolute atomic E-state index is 15.3. The van der Waals surface area contributed by atoms with Gasteiger partial charge in [-0.25, -0.2) is 24.1 Å².